The first-order valence-corrected chi connectivity index (χ1v) is 13.5. The minimum absolute atomic E-state index is 0.176. The Balaban J connectivity index is 1.57. The molecule has 0 bridgehead atoms. The monoisotopic (exact) mass is 483 g/mol. The molecule has 1 amide bonds. The average molecular weight is 484 g/mol. The van der Waals surface area contributed by atoms with Gasteiger partial charge in [0.1, 0.15) is 5.51 Å². The molecule has 1 aromatic carbocycles. The lowest BCUT2D eigenvalue weighted by atomic mass is 10.1. The third-order valence-electron chi connectivity index (χ3n) is 5.21. The highest BCUT2D eigenvalue weighted by Gasteiger charge is 2.28. The van der Waals surface area contributed by atoms with Gasteiger partial charge in [-0.15, -0.1) is 10.2 Å². The molecule has 0 atom stereocenters. The van der Waals surface area contributed by atoms with Gasteiger partial charge in [-0.3, -0.25) is 4.79 Å². The molecule has 2 fully saturated rings. The van der Waals surface area contributed by atoms with E-state index in [2.05, 4.69) is 20.4 Å². The Morgan fingerprint density at radius 2 is 1.94 bits per heavy atom. The number of aromatic nitrogens is 2. The Morgan fingerprint density at radius 1 is 1.16 bits per heavy atom. The fourth-order valence-electron chi connectivity index (χ4n) is 3.66. The summed E-state index contributed by atoms with van der Waals surface area (Å²) in [6, 6.07) is 5.04. The molecule has 0 aliphatic carbocycles. The number of ether oxygens (including phenoxy) is 1. The van der Waals surface area contributed by atoms with Crippen molar-refractivity contribution in [1.82, 2.24) is 14.5 Å². The van der Waals surface area contributed by atoms with Crippen molar-refractivity contribution in [2.45, 2.75) is 28.5 Å². The summed E-state index contributed by atoms with van der Waals surface area (Å²) in [6.45, 7) is 3.21. The van der Waals surface area contributed by atoms with Crippen LogP contribution in [-0.2, 0) is 19.6 Å². The van der Waals surface area contributed by atoms with E-state index in [0.717, 1.165) is 36.0 Å². The molecule has 168 valence electrons. The van der Waals surface area contributed by atoms with Crippen molar-refractivity contribution >= 4 is 50.4 Å². The second kappa shape index (κ2) is 10.3. The van der Waals surface area contributed by atoms with Crippen molar-refractivity contribution in [3.05, 3.63) is 23.7 Å². The van der Waals surface area contributed by atoms with Crippen LogP contribution in [0.25, 0.3) is 0 Å². The summed E-state index contributed by atoms with van der Waals surface area (Å²) in [7, 11) is -3.65. The van der Waals surface area contributed by atoms with E-state index < -0.39 is 10.0 Å². The third-order valence-corrected chi connectivity index (χ3v) is 8.97. The van der Waals surface area contributed by atoms with Crippen LogP contribution in [0, 0.1) is 0 Å². The van der Waals surface area contributed by atoms with Crippen molar-refractivity contribution < 1.29 is 17.9 Å². The number of thioether (sulfide) groups is 1. The first-order valence-electron chi connectivity index (χ1n) is 10.2. The maximum atomic E-state index is 13.1. The van der Waals surface area contributed by atoms with Crippen LogP contribution in [0.2, 0.25) is 0 Å². The molecule has 9 nitrogen and oxygen atoms in total. The maximum absolute atomic E-state index is 13.1. The highest BCUT2D eigenvalue weighted by Crippen LogP contribution is 2.32. The Morgan fingerprint density at radius 3 is 2.65 bits per heavy atom. The summed E-state index contributed by atoms with van der Waals surface area (Å²) < 4.78 is 33.7. The number of hydrogen-bond donors (Lipinski definition) is 1. The molecule has 12 heteroatoms. The Labute approximate surface area is 190 Å². The fourth-order valence-corrected chi connectivity index (χ4v) is 6.38. The van der Waals surface area contributed by atoms with Crippen LogP contribution in [0.3, 0.4) is 0 Å². The zero-order chi connectivity index (χ0) is 21.7. The minimum atomic E-state index is -3.65. The van der Waals surface area contributed by atoms with E-state index in [1.165, 1.54) is 33.8 Å². The van der Waals surface area contributed by atoms with Gasteiger partial charge < -0.3 is 15.0 Å². The molecule has 2 aliphatic rings. The van der Waals surface area contributed by atoms with Crippen molar-refractivity contribution in [2.75, 3.05) is 55.4 Å². The molecular weight excluding hydrogens is 458 g/mol. The first kappa shape index (κ1) is 22.5. The molecule has 0 spiro atoms. The predicted molar refractivity (Wildman–Crippen MR) is 121 cm³/mol. The van der Waals surface area contributed by atoms with Crippen molar-refractivity contribution in [3.63, 3.8) is 0 Å². The van der Waals surface area contributed by atoms with Gasteiger partial charge in [-0.2, -0.15) is 4.31 Å². The highest BCUT2D eigenvalue weighted by atomic mass is 32.2. The SMILES string of the molecule is O=C(CSc1nncs1)Nc1cc(S(=O)(=O)N2CCOCC2)ccc1N1CCCCC1. The average Bonchev–Trinajstić information content (AvgIpc) is 3.33. The molecular formula is C19H25N5O4S3. The highest BCUT2D eigenvalue weighted by molar-refractivity contribution is 8.01. The number of piperidine rings is 1. The molecule has 2 aromatic rings. The van der Waals surface area contributed by atoms with Gasteiger partial charge in [-0.25, -0.2) is 8.42 Å². The van der Waals surface area contributed by atoms with E-state index in [4.69, 9.17) is 4.74 Å². The van der Waals surface area contributed by atoms with Crippen molar-refractivity contribution in [3.8, 4) is 0 Å². The fraction of sp³-hybridized carbons (Fsp3) is 0.526. The number of sulfonamides is 1. The van der Waals surface area contributed by atoms with Crippen molar-refractivity contribution in [2.24, 2.45) is 0 Å². The number of carbonyl (C=O) groups is 1. The zero-order valence-electron chi connectivity index (χ0n) is 17.0. The molecule has 2 saturated heterocycles. The van der Waals surface area contributed by atoms with Gasteiger partial charge >= 0.3 is 0 Å². The Bertz CT molecular complexity index is 988. The summed E-state index contributed by atoms with van der Waals surface area (Å²) in [5.41, 5.74) is 3.00. The van der Waals surface area contributed by atoms with Gasteiger partial charge in [-0.05, 0) is 37.5 Å². The van der Waals surface area contributed by atoms with E-state index in [-0.39, 0.29) is 16.6 Å². The number of rotatable bonds is 7. The lowest BCUT2D eigenvalue weighted by molar-refractivity contribution is -0.113. The van der Waals surface area contributed by atoms with Gasteiger partial charge in [0.15, 0.2) is 4.34 Å². The maximum Gasteiger partial charge on any atom is 0.243 e. The van der Waals surface area contributed by atoms with Crippen molar-refractivity contribution in [1.29, 1.82) is 0 Å². The molecule has 4 rings (SSSR count). The molecule has 2 aliphatic heterocycles. The minimum Gasteiger partial charge on any atom is -0.379 e. The van der Waals surface area contributed by atoms with Crippen LogP contribution in [-0.4, -0.2) is 74.0 Å². The number of benzene rings is 1. The van der Waals surface area contributed by atoms with Crippen LogP contribution >= 0.6 is 23.1 Å². The summed E-state index contributed by atoms with van der Waals surface area (Å²) >= 11 is 2.68. The van der Waals surface area contributed by atoms with Gasteiger partial charge in [0.25, 0.3) is 0 Å². The van der Waals surface area contributed by atoms with Crippen LogP contribution < -0.4 is 10.2 Å². The number of morpholine rings is 1. The number of amides is 1. The van der Waals surface area contributed by atoms with E-state index in [0.29, 0.717) is 32.0 Å². The smallest absolute Gasteiger partial charge is 0.243 e. The van der Waals surface area contributed by atoms with E-state index in [1.807, 2.05) is 6.07 Å². The standard InChI is InChI=1S/C19H25N5O4S3/c25-18(13-29-19-22-20-14-30-19)21-16-12-15(31(26,27)24-8-10-28-11-9-24)4-5-17(16)23-6-2-1-3-7-23/h4-5,12,14H,1-3,6-11,13H2,(H,21,25). The summed E-state index contributed by atoms with van der Waals surface area (Å²) in [5.74, 6) is -0.0332. The second-order valence-corrected chi connectivity index (χ2v) is 11.3. The van der Waals surface area contributed by atoms with Crippen LogP contribution in [0.5, 0.6) is 0 Å². The number of hydrogen-bond acceptors (Lipinski definition) is 9. The Hall–Kier alpha value is -1.73. The molecule has 0 saturated carbocycles. The van der Waals surface area contributed by atoms with Crippen LogP contribution in [0.15, 0.2) is 32.9 Å². The number of nitrogens with one attached hydrogen (secondary N) is 1. The topological polar surface area (TPSA) is 105 Å². The van der Waals surface area contributed by atoms with E-state index >= 15 is 0 Å². The summed E-state index contributed by atoms with van der Waals surface area (Å²) in [5, 5.41) is 10.6. The van der Waals surface area contributed by atoms with Crippen LogP contribution in [0.1, 0.15) is 19.3 Å². The summed E-state index contributed by atoms with van der Waals surface area (Å²) in [4.78, 5) is 15.0. The number of carbonyl (C=O) groups excluding carboxylic acids is 1. The normalized spacial score (nSPS) is 18.1. The van der Waals surface area contributed by atoms with E-state index in [9.17, 15) is 13.2 Å². The first-order chi connectivity index (χ1) is 15.0. The third kappa shape index (κ3) is 5.55. The largest absolute Gasteiger partial charge is 0.379 e. The lowest BCUT2D eigenvalue weighted by Gasteiger charge is -2.31. The van der Waals surface area contributed by atoms with Gasteiger partial charge in [-0.1, -0.05) is 23.1 Å². The second-order valence-electron chi connectivity index (χ2n) is 7.28. The number of nitrogens with zero attached hydrogens (tertiary/aromatic N) is 4. The molecule has 31 heavy (non-hydrogen) atoms. The molecule has 0 unspecified atom stereocenters. The molecule has 3 heterocycles. The predicted octanol–water partition coefficient (Wildman–Crippen LogP) is 2.28. The van der Waals surface area contributed by atoms with E-state index in [1.54, 1.807) is 17.6 Å². The zero-order valence-corrected chi connectivity index (χ0v) is 19.5. The molecule has 1 aromatic heterocycles. The lowest BCUT2D eigenvalue weighted by Crippen LogP contribution is -2.40. The Kier molecular flexibility index (Phi) is 7.43. The summed E-state index contributed by atoms with van der Waals surface area (Å²) in [6.07, 6.45) is 3.34. The van der Waals surface area contributed by atoms with Gasteiger partial charge in [0.05, 0.1) is 35.2 Å². The molecule has 0 radical (unpaired) electrons. The number of anilines is 2. The van der Waals surface area contributed by atoms with Gasteiger partial charge in [0, 0.05) is 26.2 Å². The quantitative estimate of drug-likeness (QED) is 0.598. The van der Waals surface area contributed by atoms with Gasteiger partial charge in [0.2, 0.25) is 15.9 Å². The van der Waals surface area contributed by atoms with Crippen LogP contribution in [0.4, 0.5) is 11.4 Å². The molecule has 1 N–H and O–H groups in total.